The minimum absolute atomic E-state index is 0.108. The maximum absolute atomic E-state index is 14.4. The average molecular weight is 525 g/mol. The molecule has 4 heterocycles. The molecule has 38 heavy (non-hydrogen) atoms. The van der Waals surface area contributed by atoms with Gasteiger partial charge in [0.1, 0.15) is 6.04 Å². The zero-order valence-corrected chi connectivity index (χ0v) is 21.6. The SMILES string of the molecule is COC(=O)C1Cc2c([nH]c3ccccc23)C2CC(NCCN3CCOCC3)CC(c3ccc(F)c(F)c3)N12. The van der Waals surface area contributed by atoms with Crippen molar-refractivity contribution in [2.24, 2.45) is 0 Å². The number of carbonyl (C=O) groups is 1. The van der Waals surface area contributed by atoms with Crippen LogP contribution in [0.1, 0.15) is 41.7 Å². The Morgan fingerprint density at radius 3 is 2.68 bits per heavy atom. The highest BCUT2D eigenvalue weighted by Crippen LogP contribution is 2.49. The number of aromatic nitrogens is 1. The molecule has 0 aliphatic carbocycles. The van der Waals surface area contributed by atoms with Crippen molar-refractivity contribution in [2.75, 3.05) is 46.5 Å². The molecule has 6 rings (SSSR count). The summed E-state index contributed by atoms with van der Waals surface area (Å²) < 4.78 is 39.1. The first-order valence-corrected chi connectivity index (χ1v) is 13.5. The molecule has 2 N–H and O–H groups in total. The lowest BCUT2D eigenvalue weighted by molar-refractivity contribution is -0.152. The Balaban J connectivity index is 1.36. The zero-order chi connectivity index (χ0) is 26.2. The molecule has 0 amide bonds. The predicted molar refractivity (Wildman–Crippen MR) is 140 cm³/mol. The van der Waals surface area contributed by atoms with Gasteiger partial charge in [-0.3, -0.25) is 14.6 Å². The first kappa shape index (κ1) is 25.4. The van der Waals surface area contributed by atoms with E-state index in [1.54, 1.807) is 6.07 Å². The fourth-order valence-electron chi connectivity index (χ4n) is 6.61. The van der Waals surface area contributed by atoms with Crippen LogP contribution in [0.4, 0.5) is 8.78 Å². The number of hydrogen-bond acceptors (Lipinski definition) is 6. The Morgan fingerprint density at radius 2 is 1.89 bits per heavy atom. The van der Waals surface area contributed by atoms with Crippen molar-refractivity contribution in [3.8, 4) is 0 Å². The Kier molecular flexibility index (Phi) is 7.18. The minimum Gasteiger partial charge on any atom is -0.468 e. The minimum atomic E-state index is -0.876. The molecule has 1 aromatic heterocycles. The van der Waals surface area contributed by atoms with Crippen LogP contribution in [0, 0.1) is 11.6 Å². The molecule has 202 valence electrons. The zero-order valence-electron chi connectivity index (χ0n) is 21.6. The number of carbonyl (C=O) groups excluding carboxylic acids is 1. The van der Waals surface area contributed by atoms with Crippen molar-refractivity contribution in [2.45, 2.75) is 43.4 Å². The van der Waals surface area contributed by atoms with Crippen LogP contribution in [0.5, 0.6) is 0 Å². The highest BCUT2D eigenvalue weighted by atomic mass is 19.2. The predicted octanol–water partition coefficient (Wildman–Crippen LogP) is 3.71. The second kappa shape index (κ2) is 10.7. The van der Waals surface area contributed by atoms with Crippen LogP contribution >= 0.6 is 0 Å². The first-order valence-electron chi connectivity index (χ1n) is 13.5. The molecule has 2 fully saturated rings. The number of halogens is 2. The molecular weight excluding hydrogens is 490 g/mol. The average Bonchev–Trinajstić information content (AvgIpc) is 3.33. The van der Waals surface area contributed by atoms with Gasteiger partial charge in [-0.25, -0.2) is 8.78 Å². The summed E-state index contributed by atoms with van der Waals surface area (Å²) in [6.45, 7) is 5.13. The van der Waals surface area contributed by atoms with E-state index in [-0.39, 0.29) is 24.1 Å². The number of nitrogens with one attached hydrogen (secondary N) is 2. The number of para-hydroxylation sites is 1. The first-order chi connectivity index (χ1) is 18.5. The topological polar surface area (TPSA) is 69.8 Å². The number of benzene rings is 2. The number of piperidine rings is 1. The van der Waals surface area contributed by atoms with Gasteiger partial charge in [-0.05, 0) is 42.2 Å². The van der Waals surface area contributed by atoms with Crippen molar-refractivity contribution in [3.05, 3.63) is 70.9 Å². The summed E-state index contributed by atoms with van der Waals surface area (Å²) in [6.07, 6.45) is 1.96. The molecule has 2 aromatic carbocycles. The van der Waals surface area contributed by atoms with E-state index in [0.717, 1.165) is 68.0 Å². The molecule has 0 bridgehead atoms. The van der Waals surface area contributed by atoms with Gasteiger partial charge in [-0.2, -0.15) is 0 Å². The van der Waals surface area contributed by atoms with Gasteiger partial charge in [0.2, 0.25) is 0 Å². The second-order valence-electron chi connectivity index (χ2n) is 10.5. The van der Waals surface area contributed by atoms with Crippen LogP contribution in [0.3, 0.4) is 0 Å². The monoisotopic (exact) mass is 524 g/mol. The van der Waals surface area contributed by atoms with E-state index >= 15 is 0 Å². The van der Waals surface area contributed by atoms with Crippen LogP contribution in [-0.2, 0) is 20.7 Å². The Morgan fingerprint density at radius 1 is 1.11 bits per heavy atom. The van der Waals surface area contributed by atoms with Crippen molar-refractivity contribution in [1.29, 1.82) is 0 Å². The van der Waals surface area contributed by atoms with Gasteiger partial charge in [-0.15, -0.1) is 0 Å². The van der Waals surface area contributed by atoms with E-state index < -0.39 is 17.7 Å². The van der Waals surface area contributed by atoms with Crippen LogP contribution in [0.2, 0.25) is 0 Å². The maximum atomic E-state index is 14.4. The van der Waals surface area contributed by atoms with Gasteiger partial charge in [0.25, 0.3) is 0 Å². The third-order valence-electron chi connectivity index (χ3n) is 8.44. The van der Waals surface area contributed by atoms with Crippen LogP contribution in [0.15, 0.2) is 42.5 Å². The summed E-state index contributed by atoms with van der Waals surface area (Å²) in [5.41, 5.74) is 3.94. The van der Waals surface area contributed by atoms with Crippen molar-refractivity contribution >= 4 is 16.9 Å². The van der Waals surface area contributed by atoms with E-state index in [4.69, 9.17) is 9.47 Å². The Labute approximate surface area is 221 Å². The largest absolute Gasteiger partial charge is 0.468 e. The molecular formula is C29H34F2N4O3. The number of fused-ring (bicyclic) bond motifs is 5. The number of H-pyrrole nitrogens is 1. The van der Waals surface area contributed by atoms with Gasteiger partial charge in [0, 0.05) is 61.3 Å². The van der Waals surface area contributed by atoms with Gasteiger partial charge in [0.15, 0.2) is 11.6 Å². The maximum Gasteiger partial charge on any atom is 0.323 e. The molecule has 0 saturated carbocycles. The summed E-state index contributed by atoms with van der Waals surface area (Å²) in [4.78, 5) is 21.4. The summed E-state index contributed by atoms with van der Waals surface area (Å²) >= 11 is 0. The van der Waals surface area contributed by atoms with E-state index in [0.29, 0.717) is 18.4 Å². The van der Waals surface area contributed by atoms with Crippen LogP contribution in [-0.4, -0.2) is 79.3 Å². The van der Waals surface area contributed by atoms with Crippen molar-refractivity contribution < 1.29 is 23.0 Å². The number of aromatic amines is 1. The number of rotatable bonds is 6. The fourth-order valence-corrected chi connectivity index (χ4v) is 6.61. The molecule has 7 nitrogen and oxygen atoms in total. The summed E-state index contributed by atoms with van der Waals surface area (Å²) in [5, 5.41) is 4.86. The van der Waals surface area contributed by atoms with Crippen LogP contribution < -0.4 is 5.32 Å². The molecule has 0 radical (unpaired) electrons. The molecule has 9 heteroatoms. The number of esters is 1. The molecule has 4 unspecified atom stereocenters. The second-order valence-corrected chi connectivity index (χ2v) is 10.5. The van der Waals surface area contributed by atoms with Gasteiger partial charge >= 0.3 is 5.97 Å². The van der Waals surface area contributed by atoms with Crippen molar-refractivity contribution in [3.63, 3.8) is 0 Å². The third-order valence-corrected chi connectivity index (χ3v) is 8.44. The number of morpholine rings is 1. The highest BCUT2D eigenvalue weighted by Gasteiger charge is 2.48. The Hall–Kier alpha value is -2.85. The standard InChI is InChI=1S/C29H34F2N4O3/c1-37-29(36)27-17-21-20-4-2-3-5-24(20)33-28(21)26-16-19(32-8-9-34-10-12-38-13-11-34)15-25(35(26)27)18-6-7-22(30)23(31)14-18/h2-7,14,19,25-27,32-33H,8-13,15-17H2,1H3. The van der Waals surface area contributed by atoms with Crippen LogP contribution in [0.25, 0.3) is 10.9 Å². The number of hydrogen-bond donors (Lipinski definition) is 2. The van der Waals surface area contributed by atoms with E-state index in [9.17, 15) is 13.6 Å². The molecule has 3 aliphatic heterocycles. The summed E-state index contributed by atoms with van der Waals surface area (Å²) in [7, 11) is 1.41. The van der Waals surface area contributed by atoms with Gasteiger partial charge in [-0.1, -0.05) is 24.3 Å². The summed E-state index contributed by atoms with van der Waals surface area (Å²) in [6, 6.07) is 11.5. The van der Waals surface area contributed by atoms with Gasteiger partial charge < -0.3 is 19.8 Å². The number of ether oxygens (including phenoxy) is 2. The quantitative estimate of drug-likeness (QED) is 0.480. The molecule has 2 saturated heterocycles. The molecule has 0 spiro atoms. The van der Waals surface area contributed by atoms with E-state index in [1.807, 2.05) is 12.1 Å². The van der Waals surface area contributed by atoms with Crippen molar-refractivity contribution in [1.82, 2.24) is 20.1 Å². The van der Waals surface area contributed by atoms with Gasteiger partial charge in [0.05, 0.1) is 26.4 Å². The molecule has 4 atom stereocenters. The number of nitrogens with zero attached hydrogens (tertiary/aromatic N) is 2. The normalized spacial score (nSPS) is 26.2. The lowest BCUT2D eigenvalue weighted by atomic mass is 9.79. The third kappa shape index (κ3) is 4.73. The lowest BCUT2D eigenvalue weighted by Gasteiger charge is -2.50. The smallest absolute Gasteiger partial charge is 0.323 e. The number of methoxy groups -OCH3 is 1. The molecule has 3 aliphatic rings. The lowest BCUT2D eigenvalue weighted by Crippen LogP contribution is -2.56. The summed E-state index contributed by atoms with van der Waals surface area (Å²) in [5.74, 6) is -2.06. The fraction of sp³-hybridized carbons (Fsp3) is 0.483. The Bertz CT molecular complexity index is 1310. The van der Waals surface area contributed by atoms with E-state index in [1.165, 1.54) is 19.2 Å². The van der Waals surface area contributed by atoms with E-state index in [2.05, 4.69) is 32.2 Å². The highest BCUT2D eigenvalue weighted by molar-refractivity contribution is 5.87. The molecule has 3 aromatic rings.